The molecule has 0 spiro atoms. The molecule has 92 valence electrons. The van der Waals surface area contributed by atoms with Gasteiger partial charge in [-0.05, 0) is 24.6 Å². The molecule has 1 aromatic rings. The van der Waals surface area contributed by atoms with Crippen molar-refractivity contribution in [2.75, 3.05) is 0 Å². The molecule has 3 nitrogen and oxygen atoms in total. The summed E-state index contributed by atoms with van der Waals surface area (Å²) in [5.41, 5.74) is -0.378. The second-order valence-electron chi connectivity index (χ2n) is 3.39. The molecule has 0 saturated heterocycles. The molecule has 0 amide bonds. The van der Waals surface area contributed by atoms with Gasteiger partial charge in [0.1, 0.15) is 11.6 Å². The van der Waals surface area contributed by atoms with E-state index in [1.807, 2.05) is 0 Å². The maximum atomic E-state index is 13.3. The van der Waals surface area contributed by atoms with Gasteiger partial charge in [0.05, 0.1) is 10.4 Å². The number of ketones is 1. The van der Waals surface area contributed by atoms with Crippen molar-refractivity contribution in [2.45, 2.75) is 17.7 Å². The summed E-state index contributed by atoms with van der Waals surface area (Å²) in [5, 5.41) is 8.45. The number of carboxylic acid groups (broad SMARTS) is 1. The third-order valence-corrected chi connectivity index (χ3v) is 2.96. The van der Waals surface area contributed by atoms with Crippen molar-refractivity contribution < 1.29 is 23.5 Å². The molecule has 6 heteroatoms. The number of benzene rings is 1. The van der Waals surface area contributed by atoms with Crippen LogP contribution in [0.1, 0.15) is 23.2 Å². The zero-order valence-corrected chi connectivity index (χ0v) is 10.2. The fourth-order valence-electron chi connectivity index (χ4n) is 1.24. The van der Waals surface area contributed by atoms with Gasteiger partial charge in [0, 0.05) is 6.42 Å². The molecule has 0 radical (unpaired) electrons. The molecule has 0 bridgehead atoms. The summed E-state index contributed by atoms with van der Waals surface area (Å²) < 4.78 is 26.1. The molecule has 0 aliphatic rings. The highest BCUT2D eigenvalue weighted by Crippen LogP contribution is 2.18. The number of carboxylic acids is 1. The molecular formula is C11H9BrF2O3. The number of halogens is 3. The van der Waals surface area contributed by atoms with Gasteiger partial charge in [0.2, 0.25) is 0 Å². The number of rotatable bonds is 5. The zero-order valence-electron chi connectivity index (χ0n) is 8.62. The van der Waals surface area contributed by atoms with Gasteiger partial charge in [-0.1, -0.05) is 15.9 Å². The molecule has 0 heterocycles. The van der Waals surface area contributed by atoms with Crippen LogP contribution in [-0.4, -0.2) is 21.7 Å². The van der Waals surface area contributed by atoms with Gasteiger partial charge in [-0.15, -0.1) is 0 Å². The maximum absolute atomic E-state index is 13.3. The Morgan fingerprint density at radius 1 is 1.35 bits per heavy atom. The highest BCUT2D eigenvalue weighted by molar-refractivity contribution is 9.10. The quantitative estimate of drug-likeness (QED) is 0.672. The smallest absolute Gasteiger partial charge is 0.303 e. The Balaban J connectivity index is 2.81. The van der Waals surface area contributed by atoms with Gasteiger partial charge >= 0.3 is 5.97 Å². The van der Waals surface area contributed by atoms with Crippen molar-refractivity contribution in [1.29, 1.82) is 0 Å². The van der Waals surface area contributed by atoms with Crippen LogP contribution in [0.5, 0.6) is 0 Å². The molecular weight excluding hydrogens is 298 g/mol. The van der Waals surface area contributed by atoms with E-state index < -0.39 is 28.2 Å². The van der Waals surface area contributed by atoms with Crippen molar-refractivity contribution in [3.05, 3.63) is 35.4 Å². The molecule has 0 aliphatic heterocycles. The van der Waals surface area contributed by atoms with Crippen LogP contribution in [0.25, 0.3) is 0 Å². The Morgan fingerprint density at radius 3 is 2.59 bits per heavy atom. The summed E-state index contributed by atoms with van der Waals surface area (Å²) in [7, 11) is 0. The summed E-state index contributed by atoms with van der Waals surface area (Å²) in [5.74, 6) is -3.26. The summed E-state index contributed by atoms with van der Waals surface area (Å²) in [6, 6.07) is 2.57. The number of hydrogen-bond donors (Lipinski definition) is 1. The second-order valence-corrected chi connectivity index (χ2v) is 4.49. The first-order chi connectivity index (χ1) is 7.91. The lowest BCUT2D eigenvalue weighted by Crippen LogP contribution is -2.17. The molecule has 1 aromatic carbocycles. The van der Waals surface area contributed by atoms with Crippen molar-refractivity contribution in [2.24, 2.45) is 0 Å². The van der Waals surface area contributed by atoms with Gasteiger partial charge < -0.3 is 5.11 Å². The first kappa shape index (κ1) is 13.8. The standard InChI is InChI=1S/C11H9BrF2O3/c12-8(2-4-10(15)16)11(17)7-5-6(13)1-3-9(7)14/h1,3,5,8H,2,4H2,(H,15,16). The Bertz CT molecular complexity index is 448. The number of carbonyl (C=O) groups is 2. The fraction of sp³-hybridized carbons (Fsp3) is 0.273. The van der Waals surface area contributed by atoms with Crippen LogP contribution < -0.4 is 0 Å². The van der Waals surface area contributed by atoms with Crippen LogP contribution in [0.4, 0.5) is 8.78 Å². The number of carbonyl (C=O) groups excluding carboxylic acids is 1. The summed E-state index contributed by atoms with van der Waals surface area (Å²) in [6.45, 7) is 0. The molecule has 0 saturated carbocycles. The minimum Gasteiger partial charge on any atom is -0.481 e. The highest BCUT2D eigenvalue weighted by Gasteiger charge is 2.21. The molecule has 17 heavy (non-hydrogen) atoms. The first-order valence-corrected chi connectivity index (χ1v) is 5.68. The van der Waals surface area contributed by atoms with E-state index in [9.17, 15) is 18.4 Å². The average molecular weight is 307 g/mol. The summed E-state index contributed by atoms with van der Waals surface area (Å²) in [4.78, 5) is 21.2. The van der Waals surface area contributed by atoms with Crippen LogP contribution in [0.3, 0.4) is 0 Å². The fourth-order valence-corrected chi connectivity index (χ4v) is 1.71. The van der Waals surface area contributed by atoms with Crippen molar-refractivity contribution in [3.8, 4) is 0 Å². The number of hydrogen-bond acceptors (Lipinski definition) is 2. The first-order valence-electron chi connectivity index (χ1n) is 4.77. The van der Waals surface area contributed by atoms with Gasteiger partial charge in [-0.3, -0.25) is 9.59 Å². The van der Waals surface area contributed by atoms with E-state index in [1.54, 1.807) is 0 Å². The number of alkyl halides is 1. The molecule has 1 N–H and O–H groups in total. The lowest BCUT2D eigenvalue weighted by molar-refractivity contribution is -0.137. The lowest BCUT2D eigenvalue weighted by atomic mass is 10.0. The van der Waals surface area contributed by atoms with E-state index in [4.69, 9.17) is 5.11 Å². The summed E-state index contributed by atoms with van der Waals surface area (Å²) in [6.07, 6.45) is -0.206. The van der Waals surface area contributed by atoms with E-state index in [2.05, 4.69) is 15.9 Å². The second kappa shape index (κ2) is 5.86. The normalized spacial score (nSPS) is 12.2. The van der Waals surface area contributed by atoms with Crippen molar-refractivity contribution in [3.63, 3.8) is 0 Å². The average Bonchev–Trinajstić information content (AvgIpc) is 2.28. The largest absolute Gasteiger partial charge is 0.481 e. The molecule has 0 aliphatic carbocycles. The topological polar surface area (TPSA) is 54.4 Å². The Morgan fingerprint density at radius 2 is 2.00 bits per heavy atom. The van der Waals surface area contributed by atoms with Crippen LogP contribution in [0, 0.1) is 11.6 Å². The number of aliphatic carboxylic acids is 1. The van der Waals surface area contributed by atoms with Gasteiger partial charge in [0.15, 0.2) is 5.78 Å². The third kappa shape index (κ3) is 3.89. The molecule has 1 atom stereocenters. The van der Waals surface area contributed by atoms with Crippen LogP contribution in [0.2, 0.25) is 0 Å². The van der Waals surface area contributed by atoms with E-state index >= 15 is 0 Å². The van der Waals surface area contributed by atoms with Crippen molar-refractivity contribution >= 4 is 27.7 Å². The van der Waals surface area contributed by atoms with Crippen LogP contribution in [0.15, 0.2) is 18.2 Å². The Hall–Kier alpha value is -1.30. The number of Topliss-reactive ketones (excluding diaryl/α,β-unsaturated/α-hetero) is 1. The molecule has 1 unspecified atom stereocenters. The van der Waals surface area contributed by atoms with E-state index in [1.165, 1.54) is 0 Å². The van der Waals surface area contributed by atoms with Gasteiger partial charge in [0.25, 0.3) is 0 Å². The zero-order chi connectivity index (χ0) is 13.0. The van der Waals surface area contributed by atoms with Gasteiger partial charge in [-0.2, -0.15) is 0 Å². The van der Waals surface area contributed by atoms with Crippen molar-refractivity contribution in [1.82, 2.24) is 0 Å². The minimum atomic E-state index is -1.05. The predicted octanol–water partition coefficient (Wildman–Crippen LogP) is 2.78. The maximum Gasteiger partial charge on any atom is 0.303 e. The van der Waals surface area contributed by atoms with Crippen LogP contribution >= 0.6 is 15.9 Å². The predicted molar refractivity (Wildman–Crippen MR) is 60.3 cm³/mol. The summed E-state index contributed by atoms with van der Waals surface area (Å²) >= 11 is 2.97. The molecule has 0 fully saturated rings. The third-order valence-electron chi connectivity index (χ3n) is 2.09. The molecule has 1 rings (SSSR count). The minimum absolute atomic E-state index is 0.0180. The van der Waals surface area contributed by atoms with Gasteiger partial charge in [-0.25, -0.2) is 8.78 Å². The van der Waals surface area contributed by atoms with E-state index in [-0.39, 0.29) is 18.4 Å². The Labute approximate surface area is 105 Å². The van der Waals surface area contributed by atoms with Crippen LogP contribution in [-0.2, 0) is 4.79 Å². The Kier molecular flexibility index (Phi) is 4.74. The van der Waals surface area contributed by atoms with E-state index in [0.717, 1.165) is 18.2 Å². The molecule has 0 aromatic heterocycles. The monoisotopic (exact) mass is 306 g/mol. The SMILES string of the molecule is O=C(O)CCC(Br)C(=O)c1cc(F)ccc1F. The van der Waals surface area contributed by atoms with E-state index in [0.29, 0.717) is 0 Å². The highest BCUT2D eigenvalue weighted by atomic mass is 79.9. The lowest BCUT2D eigenvalue weighted by Gasteiger charge is -2.08.